The Kier molecular flexibility index (Phi) is 6.44. The number of hydrogen-bond acceptors (Lipinski definition) is 5. The zero-order valence-electron chi connectivity index (χ0n) is 16.1. The van der Waals surface area contributed by atoms with E-state index in [1.54, 1.807) is 36.4 Å². The van der Waals surface area contributed by atoms with Gasteiger partial charge in [-0.1, -0.05) is 12.1 Å². The molecule has 1 unspecified atom stereocenters. The lowest BCUT2D eigenvalue weighted by Gasteiger charge is -2.23. The van der Waals surface area contributed by atoms with Gasteiger partial charge in [0.15, 0.2) is 12.0 Å². The van der Waals surface area contributed by atoms with Crippen LogP contribution in [0.1, 0.15) is 24.8 Å². The third kappa shape index (κ3) is 4.88. The molecule has 0 spiro atoms. The summed E-state index contributed by atoms with van der Waals surface area (Å²) < 4.78 is 31.6. The Morgan fingerprint density at radius 2 is 1.90 bits per heavy atom. The lowest BCUT2D eigenvalue weighted by atomic mass is 10.2. The molecule has 30 heavy (non-hydrogen) atoms. The summed E-state index contributed by atoms with van der Waals surface area (Å²) in [4.78, 5) is 12.7. The molecule has 0 N–H and O–H groups in total. The van der Waals surface area contributed by atoms with Crippen LogP contribution in [0.2, 0.25) is 0 Å². The van der Waals surface area contributed by atoms with Crippen molar-refractivity contribution in [1.29, 1.82) is 0 Å². The molecule has 8 heteroatoms. The largest absolute Gasteiger partial charge is 0.486 e. The summed E-state index contributed by atoms with van der Waals surface area (Å²) in [5.41, 5.74) is 1.03. The maximum atomic E-state index is 13.0. The van der Waals surface area contributed by atoms with Gasteiger partial charge in [-0.15, -0.1) is 0 Å². The first-order valence-corrected chi connectivity index (χ1v) is 10.4. The molecule has 0 radical (unpaired) electrons. The fraction of sp³-hybridized carbons (Fsp3) is 0.273. The van der Waals surface area contributed by atoms with Crippen molar-refractivity contribution in [2.45, 2.75) is 32.2 Å². The molecular formula is C22H20BrFN2O4. The van der Waals surface area contributed by atoms with E-state index < -0.39 is 0 Å². The molecule has 1 aliphatic rings. The summed E-state index contributed by atoms with van der Waals surface area (Å²) in [5, 5.41) is 4.20. The van der Waals surface area contributed by atoms with Gasteiger partial charge in [-0.3, -0.25) is 4.79 Å². The van der Waals surface area contributed by atoms with Crippen LogP contribution in [0.5, 0.6) is 11.5 Å². The van der Waals surface area contributed by atoms with Crippen LogP contribution in [-0.2, 0) is 11.3 Å². The molecule has 1 aliphatic heterocycles. The van der Waals surface area contributed by atoms with Crippen molar-refractivity contribution in [3.05, 3.63) is 80.9 Å². The zero-order chi connectivity index (χ0) is 20.9. The van der Waals surface area contributed by atoms with E-state index in [0.29, 0.717) is 23.8 Å². The summed E-state index contributed by atoms with van der Waals surface area (Å²) in [6.07, 6.45) is 4.26. The number of aromatic nitrogens is 2. The van der Waals surface area contributed by atoms with E-state index in [-0.39, 0.29) is 28.7 Å². The highest BCUT2D eigenvalue weighted by molar-refractivity contribution is 9.10. The number of halogens is 2. The van der Waals surface area contributed by atoms with Crippen LogP contribution in [-0.4, -0.2) is 22.7 Å². The number of ether oxygens (including phenoxy) is 3. The topological polar surface area (TPSA) is 62.6 Å². The third-order valence-electron chi connectivity index (χ3n) is 4.68. The standard InChI is InChI=1S/C22H20BrFN2O4/c23-21-19(29-14-15-4-6-16(24)7-5-15)13-25-26(22(21)27)17-8-10-18(11-9-17)30-20-3-1-2-12-28-20/h4-11,13,20H,1-3,12,14H2. The Bertz CT molecular complexity index is 1050. The SMILES string of the molecule is O=c1c(Br)c(OCc2ccc(F)cc2)cnn1-c1ccc(OC2CCCCO2)cc1. The Hall–Kier alpha value is -2.71. The van der Waals surface area contributed by atoms with Crippen LogP contribution in [0.15, 0.2) is 64.0 Å². The van der Waals surface area contributed by atoms with Gasteiger partial charge in [-0.2, -0.15) is 9.78 Å². The quantitative estimate of drug-likeness (QED) is 0.521. The molecule has 1 saturated heterocycles. The van der Waals surface area contributed by atoms with Crippen LogP contribution in [0.4, 0.5) is 4.39 Å². The molecule has 6 nitrogen and oxygen atoms in total. The molecule has 1 atom stereocenters. The molecule has 0 saturated carbocycles. The van der Waals surface area contributed by atoms with Crippen molar-refractivity contribution in [1.82, 2.24) is 9.78 Å². The monoisotopic (exact) mass is 474 g/mol. The Morgan fingerprint density at radius 3 is 2.60 bits per heavy atom. The summed E-state index contributed by atoms with van der Waals surface area (Å²) >= 11 is 3.29. The maximum Gasteiger partial charge on any atom is 0.289 e. The van der Waals surface area contributed by atoms with Gasteiger partial charge < -0.3 is 14.2 Å². The lowest BCUT2D eigenvalue weighted by Crippen LogP contribution is -2.25. The van der Waals surface area contributed by atoms with E-state index in [1.807, 2.05) is 0 Å². The van der Waals surface area contributed by atoms with Crippen molar-refractivity contribution in [3.8, 4) is 17.2 Å². The predicted molar refractivity (Wildman–Crippen MR) is 112 cm³/mol. The number of nitrogens with zero attached hydrogens (tertiary/aromatic N) is 2. The summed E-state index contributed by atoms with van der Waals surface area (Å²) in [5.74, 6) is 0.680. The van der Waals surface area contributed by atoms with Crippen molar-refractivity contribution in [3.63, 3.8) is 0 Å². The zero-order valence-corrected chi connectivity index (χ0v) is 17.7. The van der Waals surface area contributed by atoms with E-state index >= 15 is 0 Å². The van der Waals surface area contributed by atoms with Gasteiger partial charge in [0.1, 0.15) is 22.6 Å². The van der Waals surface area contributed by atoms with E-state index in [2.05, 4.69) is 21.0 Å². The molecule has 3 aromatic rings. The molecule has 0 amide bonds. The summed E-state index contributed by atoms with van der Waals surface area (Å²) in [7, 11) is 0. The normalized spacial score (nSPS) is 16.3. The smallest absolute Gasteiger partial charge is 0.289 e. The third-order valence-corrected chi connectivity index (χ3v) is 5.41. The maximum absolute atomic E-state index is 13.0. The van der Waals surface area contributed by atoms with E-state index in [4.69, 9.17) is 14.2 Å². The molecule has 0 bridgehead atoms. The Labute approximate surface area is 181 Å². The van der Waals surface area contributed by atoms with Gasteiger partial charge in [-0.25, -0.2) is 4.39 Å². The molecule has 1 fully saturated rings. The highest BCUT2D eigenvalue weighted by Crippen LogP contribution is 2.23. The Balaban J connectivity index is 1.45. The van der Waals surface area contributed by atoms with Gasteiger partial charge >= 0.3 is 0 Å². The van der Waals surface area contributed by atoms with Crippen LogP contribution in [0.25, 0.3) is 5.69 Å². The average molecular weight is 475 g/mol. The second kappa shape index (κ2) is 9.40. The average Bonchev–Trinajstić information content (AvgIpc) is 2.77. The highest BCUT2D eigenvalue weighted by Gasteiger charge is 2.16. The van der Waals surface area contributed by atoms with Crippen LogP contribution in [0, 0.1) is 5.82 Å². The van der Waals surface area contributed by atoms with E-state index in [0.717, 1.165) is 24.8 Å². The fourth-order valence-corrected chi connectivity index (χ4v) is 3.45. The number of hydrogen-bond donors (Lipinski definition) is 0. The molecule has 0 aliphatic carbocycles. The second-order valence-electron chi connectivity index (χ2n) is 6.86. The lowest BCUT2D eigenvalue weighted by molar-refractivity contribution is -0.105. The predicted octanol–water partition coefficient (Wildman–Crippen LogP) is 4.62. The first-order chi connectivity index (χ1) is 14.6. The Morgan fingerprint density at radius 1 is 1.13 bits per heavy atom. The highest BCUT2D eigenvalue weighted by atomic mass is 79.9. The van der Waals surface area contributed by atoms with Gasteiger partial charge in [0.05, 0.1) is 18.5 Å². The second-order valence-corrected chi connectivity index (χ2v) is 7.66. The molecule has 2 aromatic carbocycles. The molecule has 4 rings (SSSR count). The summed E-state index contributed by atoms with van der Waals surface area (Å²) in [6, 6.07) is 13.1. The van der Waals surface area contributed by atoms with Gasteiger partial charge in [0.25, 0.3) is 5.56 Å². The minimum atomic E-state index is -0.351. The van der Waals surface area contributed by atoms with Gasteiger partial charge in [-0.05, 0) is 70.7 Å². The van der Waals surface area contributed by atoms with E-state index in [1.165, 1.54) is 23.0 Å². The minimum Gasteiger partial charge on any atom is -0.486 e. The van der Waals surface area contributed by atoms with Crippen LogP contribution in [0.3, 0.4) is 0 Å². The molecular weight excluding hydrogens is 455 g/mol. The van der Waals surface area contributed by atoms with E-state index in [9.17, 15) is 9.18 Å². The molecule has 1 aromatic heterocycles. The first-order valence-electron chi connectivity index (χ1n) is 9.64. The van der Waals surface area contributed by atoms with Crippen LogP contribution >= 0.6 is 15.9 Å². The number of benzene rings is 2. The number of rotatable bonds is 6. The van der Waals surface area contributed by atoms with Gasteiger partial charge in [0.2, 0.25) is 0 Å². The summed E-state index contributed by atoms with van der Waals surface area (Å²) in [6.45, 7) is 0.908. The fourth-order valence-electron chi connectivity index (χ4n) is 3.07. The van der Waals surface area contributed by atoms with Gasteiger partial charge in [0, 0.05) is 6.42 Å². The minimum absolute atomic E-state index is 0.194. The van der Waals surface area contributed by atoms with Crippen LogP contribution < -0.4 is 15.0 Å². The molecule has 2 heterocycles. The first kappa shape index (κ1) is 20.6. The molecule has 156 valence electrons. The van der Waals surface area contributed by atoms with Crippen molar-refractivity contribution >= 4 is 15.9 Å². The van der Waals surface area contributed by atoms with Crippen molar-refractivity contribution in [2.24, 2.45) is 0 Å². The van der Waals surface area contributed by atoms with Crippen molar-refractivity contribution < 1.29 is 18.6 Å². The van der Waals surface area contributed by atoms with Crippen molar-refractivity contribution in [2.75, 3.05) is 6.61 Å².